The molecule has 0 aliphatic carbocycles. The van der Waals surface area contributed by atoms with Crippen LogP contribution in [-0.2, 0) is 5.75 Å². The molecule has 0 saturated carbocycles. The molecule has 0 aliphatic heterocycles. The van der Waals surface area contributed by atoms with Crippen molar-refractivity contribution >= 4 is 39.5 Å². The van der Waals surface area contributed by atoms with Gasteiger partial charge in [-0.25, -0.2) is 4.79 Å². The molecule has 18 heavy (non-hydrogen) atoms. The molecule has 6 heteroatoms. The Hall–Kier alpha value is -1.46. The molecule has 3 N–H and O–H groups in total. The Morgan fingerprint density at radius 2 is 2.22 bits per heavy atom. The van der Waals surface area contributed by atoms with Crippen molar-refractivity contribution < 1.29 is 4.42 Å². The summed E-state index contributed by atoms with van der Waals surface area (Å²) in [5.41, 5.74) is 7.00. The molecule has 0 bridgehead atoms. The minimum Gasteiger partial charge on any atom is -0.423 e. The van der Waals surface area contributed by atoms with E-state index in [1.165, 1.54) is 6.07 Å². The third-order valence-corrected chi connectivity index (χ3v) is 3.67. The van der Waals surface area contributed by atoms with Crippen LogP contribution in [0.3, 0.4) is 0 Å². The Labute approximate surface area is 113 Å². The third-order valence-electron chi connectivity index (χ3n) is 2.49. The fourth-order valence-electron chi connectivity index (χ4n) is 1.62. The molecule has 94 valence electrons. The van der Waals surface area contributed by atoms with Crippen molar-refractivity contribution in [2.75, 3.05) is 0 Å². The lowest BCUT2D eigenvalue weighted by atomic mass is 10.1. The Morgan fingerprint density at radius 3 is 2.89 bits per heavy atom. The highest BCUT2D eigenvalue weighted by molar-refractivity contribution is 8.13. The fraction of sp³-hybridized carbons (Fsp3) is 0.167. The summed E-state index contributed by atoms with van der Waals surface area (Å²) in [4.78, 5) is 11.5. The second-order valence-corrected chi connectivity index (χ2v) is 5.27. The number of aryl methyl sites for hydroxylation is 1. The number of nitrogens with two attached hydrogens (primary N) is 1. The van der Waals surface area contributed by atoms with E-state index in [4.69, 9.17) is 27.2 Å². The minimum atomic E-state index is -0.414. The summed E-state index contributed by atoms with van der Waals surface area (Å²) in [6, 6.07) is 4.91. The van der Waals surface area contributed by atoms with Crippen LogP contribution in [0.5, 0.6) is 0 Å². The van der Waals surface area contributed by atoms with Gasteiger partial charge in [-0.2, -0.15) is 0 Å². The molecular formula is C12H11ClN2O2S. The van der Waals surface area contributed by atoms with Gasteiger partial charge in [-0.3, -0.25) is 5.41 Å². The van der Waals surface area contributed by atoms with Crippen molar-refractivity contribution in [1.29, 1.82) is 5.41 Å². The number of benzene rings is 1. The van der Waals surface area contributed by atoms with E-state index >= 15 is 0 Å². The highest BCUT2D eigenvalue weighted by Crippen LogP contribution is 2.27. The lowest BCUT2D eigenvalue weighted by Gasteiger charge is -2.06. The van der Waals surface area contributed by atoms with Gasteiger partial charge in [-0.1, -0.05) is 23.4 Å². The van der Waals surface area contributed by atoms with E-state index < -0.39 is 5.63 Å². The second kappa shape index (κ2) is 5.04. The fourth-order valence-corrected chi connectivity index (χ4v) is 2.34. The highest BCUT2D eigenvalue weighted by Gasteiger charge is 2.09. The van der Waals surface area contributed by atoms with Crippen molar-refractivity contribution in [3.8, 4) is 0 Å². The first kappa shape index (κ1) is 13.0. The number of fused-ring (bicyclic) bond motifs is 1. The van der Waals surface area contributed by atoms with Crippen LogP contribution in [-0.4, -0.2) is 5.17 Å². The Kier molecular flexibility index (Phi) is 3.63. The average molecular weight is 283 g/mol. The van der Waals surface area contributed by atoms with Crippen molar-refractivity contribution in [3.05, 3.63) is 44.8 Å². The Morgan fingerprint density at radius 1 is 1.50 bits per heavy atom. The first-order chi connectivity index (χ1) is 8.47. The van der Waals surface area contributed by atoms with Gasteiger partial charge in [0, 0.05) is 22.2 Å². The van der Waals surface area contributed by atoms with Gasteiger partial charge in [0.2, 0.25) is 0 Å². The maximum absolute atomic E-state index is 11.5. The monoisotopic (exact) mass is 282 g/mol. The maximum atomic E-state index is 11.5. The molecule has 1 aromatic heterocycles. The molecule has 0 saturated heterocycles. The lowest BCUT2D eigenvalue weighted by Crippen LogP contribution is -2.05. The zero-order chi connectivity index (χ0) is 13.3. The van der Waals surface area contributed by atoms with Crippen molar-refractivity contribution in [3.63, 3.8) is 0 Å². The first-order valence-corrected chi connectivity index (χ1v) is 6.53. The van der Waals surface area contributed by atoms with Crippen LogP contribution in [0.25, 0.3) is 11.0 Å². The van der Waals surface area contributed by atoms with Crippen LogP contribution in [0.15, 0.2) is 27.4 Å². The smallest absolute Gasteiger partial charge is 0.336 e. The van der Waals surface area contributed by atoms with E-state index in [1.807, 2.05) is 6.92 Å². The first-order valence-electron chi connectivity index (χ1n) is 5.17. The zero-order valence-corrected chi connectivity index (χ0v) is 11.2. The number of nitrogens with one attached hydrogen (secondary N) is 1. The molecule has 0 atom stereocenters. The number of rotatable bonds is 2. The molecule has 1 heterocycles. The summed E-state index contributed by atoms with van der Waals surface area (Å²) < 4.78 is 5.14. The molecule has 0 fully saturated rings. The van der Waals surface area contributed by atoms with E-state index in [0.717, 1.165) is 28.3 Å². The SMILES string of the molecule is Cc1cc2oc(=O)cc(CSC(=N)N)c2cc1Cl. The van der Waals surface area contributed by atoms with E-state index in [-0.39, 0.29) is 5.17 Å². The molecule has 0 radical (unpaired) electrons. The largest absolute Gasteiger partial charge is 0.423 e. The standard InChI is InChI=1S/C12H11ClN2O2S/c1-6-2-10-8(4-9(6)13)7(3-11(16)17-10)5-18-12(14)15/h2-4H,5H2,1H3,(H3,14,15). The van der Waals surface area contributed by atoms with Crippen molar-refractivity contribution in [2.45, 2.75) is 12.7 Å². The molecule has 0 aliphatic rings. The van der Waals surface area contributed by atoms with Gasteiger partial charge in [0.05, 0.1) is 0 Å². The molecule has 0 spiro atoms. The number of amidine groups is 1. The number of hydrogen-bond acceptors (Lipinski definition) is 4. The zero-order valence-electron chi connectivity index (χ0n) is 9.62. The third kappa shape index (κ3) is 2.68. The van der Waals surface area contributed by atoms with Gasteiger partial charge in [0.15, 0.2) is 5.17 Å². The molecular weight excluding hydrogens is 272 g/mol. The maximum Gasteiger partial charge on any atom is 0.336 e. The van der Waals surface area contributed by atoms with Crippen LogP contribution >= 0.6 is 23.4 Å². The number of halogens is 1. The Balaban J connectivity index is 2.60. The van der Waals surface area contributed by atoms with Gasteiger partial charge in [0.25, 0.3) is 0 Å². The minimum absolute atomic E-state index is 0.00889. The molecule has 2 rings (SSSR count). The number of thioether (sulfide) groups is 1. The summed E-state index contributed by atoms with van der Waals surface area (Å²) >= 11 is 7.22. The molecule has 4 nitrogen and oxygen atoms in total. The second-order valence-electron chi connectivity index (χ2n) is 3.84. The van der Waals surface area contributed by atoms with E-state index in [1.54, 1.807) is 12.1 Å². The molecule has 2 aromatic rings. The summed E-state index contributed by atoms with van der Waals surface area (Å²) in [6.45, 7) is 1.85. The van der Waals surface area contributed by atoms with Crippen molar-refractivity contribution in [2.24, 2.45) is 5.73 Å². The summed E-state index contributed by atoms with van der Waals surface area (Å²) in [5, 5.41) is 8.60. The topological polar surface area (TPSA) is 80.1 Å². The van der Waals surface area contributed by atoms with Crippen LogP contribution in [0, 0.1) is 12.3 Å². The predicted octanol–water partition coefficient (Wildman–Crippen LogP) is 2.88. The lowest BCUT2D eigenvalue weighted by molar-refractivity contribution is 0.559. The van der Waals surface area contributed by atoms with Gasteiger partial charge < -0.3 is 10.2 Å². The van der Waals surface area contributed by atoms with Crippen LogP contribution < -0.4 is 11.4 Å². The van der Waals surface area contributed by atoms with Gasteiger partial charge in [-0.15, -0.1) is 0 Å². The molecule has 0 amide bonds. The number of hydrogen-bond donors (Lipinski definition) is 2. The summed E-state index contributed by atoms with van der Waals surface area (Å²) in [7, 11) is 0. The van der Waals surface area contributed by atoms with Crippen LogP contribution in [0.1, 0.15) is 11.1 Å². The normalized spacial score (nSPS) is 10.8. The summed E-state index contributed by atoms with van der Waals surface area (Å²) in [5.74, 6) is 0.441. The highest BCUT2D eigenvalue weighted by atomic mass is 35.5. The predicted molar refractivity (Wildman–Crippen MR) is 75.4 cm³/mol. The van der Waals surface area contributed by atoms with Crippen molar-refractivity contribution in [1.82, 2.24) is 0 Å². The van der Waals surface area contributed by atoms with E-state index in [0.29, 0.717) is 16.4 Å². The van der Waals surface area contributed by atoms with Crippen LogP contribution in [0.4, 0.5) is 0 Å². The average Bonchev–Trinajstić information content (AvgIpc) is 2.28. The molecule has 1 aromatic carbocycles. The summed E-state index contributed by atoms with van der Waals surface area (Å²) in [6.07, 6.45) is 0. The van der Waals surface area contributed by atoms with Gasteiger partial charge >= 0.3 is 5.63 Å². The Bertz CT molecular complexity index is 682. The van der Waals surface area contributed by atoms with Gasteiger partial charge in [-0.05, 0) is 30.2 Å². The molecule has 0 unspecified atom stereocenters. The quantitative estimate of drug-likeness (QED) is 0.504. The van der Waals surface area contributed by atoms with Crippen LogP contribution in [0.2, 0.25) is 5.02 Å². The van der Waals surface area contributed by atoms with E-state index in [9.17, 15) is 4.79 Å². The van der Waals surface area contributed by atoms with Gasteiger partial charge in [0.1, 0.15) is 5.58 Å². The van der Waals surface area contributed by atoms with E-state index in [2.05, 4.69) is 0 Å².